The van der Waals surface area contributed by atoms with E-state index in [9.17, 15) is 34.6 Å². The molecule has 0 heterocycles. The van der Waals surface area contributed by atoms with Gasteiger partial charge in [0.15, 0.2) is 11.1 Å². The topological polar surface area (TPSA) is 198 Å². The van der Waals surface area contributed by atoms with Crippen LogP contribution in [0, 0.1) is 20.2 Å². The number of benzene rings is 1. The third kappa shape index (κ3) is 2.58. The molecule has 0 fully saturated rings. The van der Waals surface area contributed by atoms with E-state index in [1.54, 1.807) is 0 Å². The fourth-order valence-electron chi connectivity index (χ4n) is 1.59. The predicted octanol–water partition coefficient (Wildman–Crippen LogP) is 0.598. The van der Waals surface area contributed by atoms with Crippen molar-refractivity contribution in [3.05, 3.63) is 43.0 Å². The van der Waals surface area contributed by atoms with Gasteiger partial charge < -0.3 is 15.3 Å². The number of nitro groups is 2. The van der Waals surface area contributed by atoms with Gasteiger partial charge in [-0.25, -0.2) is 14.4 Å². The van der Waals surface area contributed by atoms with Crippen LogP contribution in [0.15, 0.2) is 6.07 Å². The van der Waals surface area contributed by atoms with E-state index in [0.29, 0.717) is 0 Å². The summed E-state index contributed by atoms with van der Waals surface area (Å²) < 4.78 is 0. The van der Waals surface area contributed by atoms with Gasteiger partial charge in [-0.3, -0.25) is 20.2 Å². The highest BCUT2D eigenvalue weighted by Crippen LogP contribution is 2.33. The lowest BCUT2D eigenvalue weighted by molar-refractivity contribution is -0.394. The minimum absolute atomic E-state index is 0.0966. The predicted molar refractivity (Wildman–Crippen MR) is 60.6 cm³/mol. The van der Waals surface area contributed by atoms with Gasteiger partial charge in [-0.2, -0.15) is 0 Å². The maximum Gasteiger partial charge on any atom is 0.343 e. The molecule has 1 rings (SSSR count). The second-order valence-corrected chi connectivity index (χ2v) is 3.47. The molecule has 0 spiro atoms. The van der Waals surface area contributed by atoms with Gasteiger partial charge in [0.2, 0.25) is 0 Å². The van der Waals surface area contributed by atoms with Crippen molar-refractivity contribution in [1.29, 1.82) is 0 Å². The maximum atomic E-state index is 11.0. The Morgan fingerprint density at radius 1 is 0.762 bits per heavy atom. The molecule has 0 unspecified atom stereocenters. The molecule has 1 aromatic carbocycles. The van der Waals surface area contributed by atoms with Crippen LogP contribution >= 0.6 is 0 Å². The molecule has 0 amide bonds. The van der Waals surface area contributed by atoms with Crippen LogP contribution in [0.2, 0.25) is 0 Å². The smallest absolute Gasteiger partial charge is 0.343 e. The third-order valence-electron chi connectivity index (χ3n) is 2.32. The van der Waals surface area contributed by atoms with E-state index in [1.807, 2.05) is 0 Å². The van der Waals surface area contributed by atoms with Gasteiger partial charge >= 0.3 is 17.9 Å². The van der Waals surface area contributed by atoms with Crippen molar-refractivity contribution >= 4 is 29.3 Å². The summed E-state index contributed by atoms with van der Waals surface area (Å²) in [4.78, 5) is 51.8. The summed E-state index contributed by atoms with van der Waals surface area (Å²) in [5.74, 6) is -6.36. The first-order valence-electron chi connectivity index (χ1n) is 4.79. The number of aromatic carboxylic acids is 3. The van der Waals surface area contributed by atoms with Gasteiger partial charge in [-0.05, 0) is 0 Å². The number of carbonyl (C=O) groups is 3. The fourth-order valence-corrected chi connectivity index (χ4v) is 1.59. The molecule has 0 aromatic heterocycles. The zero-order chi connectivity index (χ0) is 16.5. The minimum Gasteiger partial charge on any atom is -0.478 e. The highest BCUT2D eigenvalue weighted by Gasteiger charge is 2.39. The number of carboxylic acids is 3. The summed E-state index contributed by atoms with van der Waals surface area (Å²) in [6.45, 7) is 0. The molecular weight excluding hydrogens is 296 g/mol. The number of rotatable bonds is 5. The molecule has 0 aliphatic carbocycles. The van der Waals surface area contributed by atoms with Crippen LogP contribution in [0.4, 0.5) is 11.4 Å². The summed E-state index contributed by atoms with van der Waals surface area (Å²) in [6, 6.07) is 0.0966. The van der Waals surface area contributed by atoms with Gasteiger partial charge in [0.25, 0.3) is 11.4 Å². The highest BCUT2D eigenvalue weighted by molar-refractivity contribution is 6.13. The Hall–Kier alpha value is -3.57. The Morgan fingerprint density at radius 2 is 1.05 bits per heavy atom. The Balaban J connectivity index is 4.13. The van der Waals surface area contributed by atoms with Crippen LogP contribution in [0.1, 0.15) is 31.1 Å². The quantitative estimate of drug-likeness (QED) is 0.510. The molecule has 0 aliphatic heterocycles. The maximum absolute atomic E-state index is 11.0. The van der Waals surface area contributed by atoms with Gasteiger partial charge in [0.1, 0.15) is 5.56 Å². The van der Waals surface area contributed by atoms with Crippen molar-refractivity contribution in [3.63, 3.8) is 0 Å². The van der Waals surface area contributed by atoms with E-state index in [-0.39, 0.29) is 6.07 Å². The average molecular weight is 300 g/mol. The van der Waals surface area contributed by atoms with Crippen molar-refractivity contribution in [1.82, 2.24) is 0 Å². The van der Waals surface area contributed by atoms with E-state index in [1.165, 1.54) is 0 Å². The summed E-state index contributed by atoms with van der Waals surface area (Å²) in [6.07, 6.45) is 0. The van der Waals surface area contributed by atoms with Crippen molar-refractivity contribution in [2.45, 2.75) is 0 Å². The zero-order valence-electron chi connectivity index (χ0n) is 9.67. The first kappa shape index (κ1) is 15.5. The molecule has 12 nitrogen and oxygen atoms in total. The first-order chi connectivity index (χ1) is 9.59. The van der Waals surface area contributed by atoms with Gasteiger partial charge in [0, 0.05) is 0 Å². The minimum atomic E-state index is -2.16. The summed E-state index contributed by atoms with van der Waals surface area (Å²) in [5.41, 5.74) is -7.21. The molecule has 1 aromatic rings. The lowest BCUT2D eigenvalue weighted by Gasteiger charge is -2.07. The monoisotopic (exact) mass is 300 g/mol. The number of nitrogens with zero attached hydrogens (tertiary/aromatic N) is 2. The molecule has 0 radical (unpaired) electrons. The molecule has 12 heteroatoms. The molecule has 110 valence electrons. The van der Waals surface area contributed by atoms with Crippen molar-refractivity contribution < 1.29 is 39.5 Å². The van der Waals surface area contributed by atoms with Gasteiger partial charge in [-0.15, -0.1) is 0 Å². The summed E-state index contributed by atoms with van der Waals surface area (Å²) in [5, 5.41) is 48.1. The van der Waals surface area contributed by atoms with Crippen LogP contribution in [0.5, 0.6) is 0 Å². The third-order valence-corrected chi connectivity index (χ3v) is 2.32. The van der Waals surface area contributed by atoms with Gasteiger partial charge in [0.05, 0.1) is 15.9 Å². The van der Waals surface area contributed by atoms with Crippen LogP contribution in [-0.2, 0) is 0 Å². The Labute approximate surface area is 113 Å². The largest absolute Gasteiger partial charge is 0.478 e. The van der Waals surface area contributed by atoms with E-state index in [4.69, 9.17) is 15.3 Å². The number of carboxylic acid groups (broad SMARTS) is 3. The Kier molecular flexibility index (Phi) is 3.83. The second kappa shape index (κ2) is 5.20. The number of nitro benzene ring substituents is 2. The van der Waals surface area contributed by atoms with E-state index in [2.05, 4.69) is 0 Å². The van der Waals surface area contributed by atoms with Crippen molar-refractivity contribution in [2.24, 2.45) is 0 Å². The highest BCUT2D eigenvalue weighted by atomic mass is 16.6. The molecule has 0 atom stereocenters. The Bertz CT molecular complexity index is 657. The van der Waals surface area contributed by atoms with E-state index in [0.717, 1.165) is 0 Å². The van der Waals surface area contributed by atoms with Gasteiger partial charge in [-0.1, -0.05) is 0 Å². The summed E-state index contributed by atoms with van der Waals surface area (Å²) in [7, 11) is 0. The molecule has 0 saturated carbocycles. The standard InChI is InChI=1S/C9H4N2O10/c12-7(13)4-2(10(18)19)1-3(11(20)21)5(8(14)15)6(4)9(16)17/h1H,(H,12,13)(H,14,15)(H,16,17). The van der Waals surface area contributed by atoms with Crippen LogP contribution in [-0.4, -0.2) is 43.1 Å². The molecule has 0 saturated heterocycles. The molecule has 3 N–H and O–H groups in total. The van der Waals surface area contributed by atoms with Crippen molar-refractivity contribution in [3.8, 4) is 0 Å². The Morgan fingerprint density at radius 3 is 1.24 bits per heavy atom. The molecular formula is C9H4N2O10. The van der Waals surface area contributed by atoms with Crippen LogP contribution in [0.3, 0.4) is 0 Å². The average Bonchev–Trinajstić information content (AvgIpc) is 2.34. The SMILES string of the molecule is O=C(O)c1c([N+](=O)[O-])cc([N+](=O)[O-])c(C(=O)O)c1C(=O)O. The number of hydrogen-bond acceptors (Lipinski definition) is 7. The lowest BCUT2D eigenvalue weighted by atomic mass is 9.97. The number of hydrogen-bond donors (Lipinski definition) is 3. The van der Waals surface area contributed by atoms with Crippen LogP contribution in [0.25, 0.3) is 0 Å². The fraction of sp³-hybridized carbons (Fsp3) is 0. The lowest BCUT2D eigenvalue weighted by Crippen LogP contribution is -2.18. The molecule has 21 heavy (non-hydrogen) atoms. The van der Waals surface area contributed by atoms with Crippen LogP contribution < -0.4 is 0 Å². The van der Waals surface area contributed by atoms with E-state index >= 15 is 0 Å². The second-order valence-electron chi connectivity index (χ2n) is 3.47. The molecule has 0 bridgehead atoms. The summed E-state index contributed by atoms with van der Waals surface area (Å²) >= 11 is 0. The van der Waals surface area contributed by atoms with E-state index < -0.39 is 55.8 Å². The zero-order valence-corrected chi connectivity index (χ0v) is 9.67. The van der Waals surface area contributed by atoms with Crippen molar-refractivity contribution in [2.75, 3.05) is 0 Å². The first-order valence-corrected chi connectivity index (χ1v) is 4.79. The molecule has 0 aliphatic rings. The normalized spacial score (nSPS) is 9.90.